The van der Waals surface area contributed by atoms with Gasteiger partial charge in [-0.15, -0.1) is 24.0 Å². The number of rotatable bonds is 10. The lowest BCUT2D eigenvalue weighted by Gasteiger charge is -2.12. The minimum atomic E-state index is -0.0678. The summed E-state index contributed by atoms with van der Waals surface area (Å²) in [6.45, 7) is 9.38. The first-order valence-corrected chi connectivity index (χ1v) is 8.20. The van der Waals surface area contributed by atoms with Crippen molar-refractivity contribution in [3.63, 3.8) is 0 Å². The van der Waals surface area contributed by atoms with Crippen LogP contribution in [0.25, 0.3) is 0 Å². The van der Waals surface area contributed by atoms with Crippen molar-refractivity contribution >= 4 is 35.8 Å². The van der Waals surface area contributed by atoms with Crippen molar-refractivity contribution in [2.45, 2.75) is 26.7 Å². The second-order valence-corrected chi connectivity index (χ2v) is 5.23. The molecule has 8 heteroatoms. The fraction of sp³-hybridized carbons (Fsp3) is 0.867. The van der Waals surface area contributed by atoms with Gasteiger partial charge in [0.05, 0.1) is 13.2 Å². The normalized spacial score (nSPS) is 17.5. The van der Waals surface area contributed by atoms with E-state index in [4.69, 9.17) is 9.47 Å². The van der Waals surface area contributed by atoms with Crippen LogP contribution < -0.4 is 16.0 Å². The first-order chi connectivity index (χ1) is 10.8. The van der Waals surface area contributed by atoms with Crippen molar-refractivity contribution < 1.29 is 14.3 Å². The molecule has 1 fully saturated rings. The van der Waals surface area contributed by atoms with Crippen molar-refractivity contribution in [2.24, 2.45) is 10.9 Å². The van der Waals surface area contributed by atoms with Gasteiger partial charge in [-0.25, -0.2) is 4.99 Å². The summed E-state index contributed by atoms with van der Waals surface area (Å²) >= 11 is 0. The van der Waals surface area contributed by atoms with E-state index in [2.05, 4.69) is 20.9 Å². The Morgan fingerprint density at radius 2 is 2.04 bits per heavy atom. The maximum atomic E-state index is 11.4. The molecule has 0 aromatic carbocycles. The third-order valence-electron chi connectivity index (χ3n) is 3.23. The van der Waals surface area contributed by atoms with Gasteiger partial charge >= 0.3 is 0 Å². The molecule has 0 aromatic rings. The van der Waals surface area contributed by atoms with Crippen LogP contribution in [0.4, 0.5) is 0 Å². The maximum Gasteiger partial charge on any atom is 0.241 e. The average molecular weight is 442 g/mol. The van der Waals surface area contributed by atoms with Crippen LogP contribution in [0.3, 0.4) is 0 Å². The van der Waals surface area contributed by atoms with Gasteiger partial charge in [0.25, 0.3) is 0 Å². The van der Waals surface area contributed by atoms with Crippen LogP contribution in [0.2, 0.25) is 0 Å². The molecule has 1 aliphatic heterocycles. The maximum absolute atomic E-state index is 11.4. The summed E-state index contributed by atoms with van der Waals surface area (Å²) in [4.78, 5) is 15.6. The van der Waals surface area contributed by atoms with E-state index in [0.29, 0.717) is 18.4 Å². The van der Waals surface area contributed by atoms with E-state index < -0.39 is 0 Å². The number of hydrogen-bond donors (Lipinski definition) is 3. The zero-order valence-electron chi connectivity index (χ0n) is 14.2. The Labute approximate surface area is 156 Å². The van der Waals surface area contributed by atoms with Gasteiger partial charge in [-0.2, -0.15) is 0 Å². The molecule has 1 rings (SSSR count). The van der Waals surface area contributed by atoms with Gasteiger partial charge in [-0.1, -0.05) is 0 Å². The zero-order chi connectivity index (χ0) is 16.0. The molecule has 1 aliphatic rings. The third kappa shape index (κ3) is 11.5. The molecule has 1 atom stereocenters. The lowest BCUT2D eigenvalue weighted by Crippen LogP contribution is -2.39. The van der Waals surface area contributed by atoms with Crippen molar-refractivity contribution in [2.75, 3.05) is 52.6 Å². The summed E-state index contributed by atoms with van der Waals surface area (Å²) in [6, 6.07) is 0. The number of guanidine groups is 1. The van der Waals surface area contributed by atoms with Crippen molar-refractivity contribution in [3.05, 3.63) is 0 Å². The number of carbonyl (C=O) groups is 1. The minimum absolute atomic E-state index is 0. The van der Waals surface area contributed by atoms with Crippen LogP contribution in [0.15, 0.2) is 4.99 Å². The molecule has 0 bridgehead atoms. The van der Waals surface area contributed by atoms with Gasteiger partial charge in [0, 0.05) is 38.8 Å². The predicted molar refractivity (Wildman–Crippen MR) is 102 cm³/mol. The van der Waals surface area contributed by atoms with Crippen LogP contribution in [-0.2, 0) is 14.3 Å². The molecule has 0 aliphatic carbocycles. The molecular weight excluding hydrogens is 411 g/mol. The molecule has 0 spiro atoms. The van der Waals surface area contributed by atoms with Crippen LogP contribution >= 0.6 is 24.0 Å². The average Bonchev–Trinajstić information content (AvgIpc) is 3.01. The summed E-state index contributed by atoms with van der Waals surface area (Å²) in [5.41, 5.74) is 0. The Balaban J connectivity index is 0.00000484. The number of nitrogens with one attached hydrogen (secondary N) is 3. The summed E-state index contributed by atoms with van der Waals surface area (Å²) in [5.74, 6) is 1.16. The van der Waals surface area contributed by atoms with Gasteiger partial charge in [-0.05, 0) is 26.7 Å². The van der Waals surface area contributed by atoms with E-state index in [-0.39, 0.29) is 36.4 Å². The van der Waals surface area contributed by atoms with Crippen LogP contribution in [0.5, 0.6) is 0 Å². The predicted octanol–water partition coefficient (Wildman–Crippen LogP) is 0.739. The molecule has 7 nitrogen and oxygen atoms in total. The van der Waals surface area contributed by atoms with Gasteiger partial charge in [-0.3, -0.25) is 4.79 Å². The first-order valence-electron chi connectivity index (χ1n) is 8.20. The molecule has 3 N–H and O–H groups in total. The smallest absolute Gasteiger partial charge is 0.241 e. The number of amides is 1. The molecule has 0 saturated carbocycles. The Bertz CT molecular complexity index is 337. The van der Waals surface area contributed by atoms with E-state index in [9.17, 15) is 4.79 Å². The highest BCUT2D eigenvalue weighted by molar-refractivity contribution is 14.0. The number of halogens is 1. The van der Waals surface area contributed by atoms with Gasteiger partial charge in [0.2, 0.25) is 5.91 Å². The largest absolute Gasteiger partial charge is 0.381 e. The molecule has 23 heavy (non-hydrogen) atoms. The summed E-state index contributed by atoms with van der Waals surface area (Å²) < 4.78 is 11.0. The quantitative estimate of drug-likeness (QED) is 0.201. The van der Waals surface area contributed by atoms with Gasteiger partial charge < -0.3 is 25.4 Å². The third-order valence-corrected chi connectivity index (χ3v) is 3.23. The molecule has 0 aromatic heterocycles. The Hall–Kier alpha value is -0.610. The Kier molecular flexibility index (Phi) is 14.6. The molecule has 0 radical (unpaired) electrons. The standard InChI is InChI=1S/C15H30N4O3.HI/c1-3-16-14(20)10-19-15(17-4-2)18-7-5-8-21-11-13-6-9-22-12-13;/h13H,3-12H2,1-2H3,(H,16,20)(H2,17,18,19);1H. The van der Waals surface area contributed by atoms with Crippen molar-refractivity contribution in [1.82, 2.24) is 16.0 Å². The van der Waals surface area contributed by atoms with E-state index >= 15 is 0 Å². The first kappa shape index (κ1) is 22.4. The number of nitrogens with zero attached hydrogens (tertiary/aromatic N) is 1. The van der Waals surface area contributed by atoms with Gasteiger partial charge in [0.15, 0.2) is 5.96 Å². The fourth-order valence-electron chi connectivity index (χ4n) is 2.09. The van der Waals surface area contributed by atoms with Crippen molar-refractivity contribution in [1.29, 1.82) is 0 Å². The molecule has 1 amide bonds. The van der Waals surface area contributed by atoms with Crippen LogP contribution in [-0.4, -0.2) is 64.5 Å². The lowest BCUT2D eigenvalue weighted by atomic mass is 10.1. The topological polar surface area (TPSA) is 84.0 Å². The van der Waals surface area contributed by atoms with Crippen LogP contribution in [0.1, 0.15) is 26.7 Å². The Morgan fingerprint density at radius 3 is 2.70 bits per heavy atom. The number of aliphatic imine (C=N–C) groups is 1. The highest BCUT2D eigenvalue weighted by Crippen LogP contribution is 2.12. The summed E-state index contributed by atoms with van der Waals surface area (Å²) in [7, 11) is 0. The molecule has 1 heterocycles. The summed E-state index contributed by atoms with van der Waals surface area (Å²) in [6.07, 6.45) is 2.01. The molecular formula is C15H31IN4O3. The number of hydrogen-bond acceptors (Lipinski definition) is 4. The van der Waals surface area contributed by atoms with Gasteiger partial charge in [0.1, 0.15) is 6.54 Å². The minimum Gasteiger partial charge on any atom is -0.381 e. The molecule has 136 valence electrons. The number of ether oxygens (including phenoxy) is 2. The highest BCUT2D eigenvalue weighted by Gasteiger charge is 2.15. The van der Waals surface area contributed by atoms with E-state index in [0.717, 1.165) is 52.4 Å². The second kappa shape index (κ2) is 14.9. The van der Waals surface area contributed by atoms with Crippen molar-refractivity contribution in [3.8, 4) is 0 Å². The number of likely N-dealkylation sites (N-methyl/N-ethyl adjacent to an activating group) is 1. The fourth-order valence-corrected chi connectivity index (χ4v) is 2.09. The SMILES string of the molecule is CCNC(=O)CN=C(NCC)NCCCOCC1CCOC1.I. The van der Waals surface area contributed by atoms with Crippen LogP contribution in [0, 0.1) is 5.92 Å². The lowest BCUT2D eigenvalue weighted by molar-refractivity contribution is -0.119. The monoisotopic (exact) mass is 442 g/mol. The zero-order valence-corrected chi connectivity index (χ0v) is 16.6. The Morgan fingerprint density at radius 1 is 1.26 bits per heavy atom. The second-order valence-electron chi connectivity index (χ2n) is 5.23. The molecule has 1 unspecified atom stereocenters. The van der Waals surface area contributed by atoms with E-state index in [1.165, 1.54) is 0 Å². The van der Waals surface area contributed by atoms with E-state index in [1.54, 1.807) is 0 Å². The number of carbonyl (C=O) groups excluding carboxylic acids is 1. The van der Waals surface area contributed by atoms with E-state index in [1.807, 2.05) is 13.8 Å². The molecule has 1 saturated heterocycles. The summed E-state index contributed by atoms with van der Waals surface area (Å²) in [5, 5.41) is 9.04. The highest BCUT2D eigenvalue weighted by atomic mass is 127.